The Morgan fingerprint density at radius 1 is 1.17 bits per heavy atom. The number of aliphatic hydroxyl groups is 1. The molecule has 6 heteroatoms. The molecule has 190 valence electrons. The highest BCUT2D eigenvalue weighted by Crippen LogP contribution is 2.40. The van der Waals surface area contributed by atoms with E-state index >= 15 is 0 Å². The van der Waals surface area contributed by atoms with Crippen molar-refractivity contribution in [2.24, 2.45) is 11.8 Å². The molecule has 6 nitrogen and oxygen atoms in total. The third-order valence-corrected chi connectivity index (χ3v) is 8.22. The van der Waals surface area contributed by atoms with Crippen molar-refractivity contribution >= 4 is 16.9 Å². The van der Waals surface area contributed by atoms with Gasteiger partial charge in [0.1, 0.15) is 5.75 Å². The van der Waals surface area contributed by atoms with E-state index in [2.05, 4.69) is 34.1 Å². The lowest BCUT2D eigenvalue weighted by molar-refractivity contribution is -0.150. The molecule has 2 aromatic carbocycles. The van der Waals surface area contributed by atoms with Crippen LogP contribution in [0.1, 0.15) is 60.9 Å². The summed E-state index contributed by atoms with van der Waals surface area (Å²) in [6, 6.07) is 16.7. The molecule has 0 radical (unpaired) electrons. The average molecular weight is 489 g/mol. The van der Waals surface area contributed by atoms with Gasteiger partial charge in [-0.05, 0) is 91.9 Å². The zero-order valence-corrected chi connectivity index (χ0v) is 21.2. The van der Waals surface area contributed by atoms with Gasteiger partial charge in [-0.1, -0.05) is 24.3 Å². The Labute approximate surface area is 213 Å². The first kappa shape index (κ1) is 24.7. The van der Waals surface area contributed by atoms with E-state index in [1.165, 1.54) is 24.7 Å². The van der Waals surface area contributed by atoms with Crippen molar-refractivity contribution in [3.8, 4) is 5.75 Å². The van der Waals surface area contributed by atoms with Crippen LogP contribution in [-0.4, -0.2) is 48.3 Å². The van der Waals surface area contributed by atoms with Gasteiger partial charge in [0.05, 0.1) is 31.8 Å². The molecule has 36 heavy (non-hydrogen) atoms. The van der Waals surface area contributed by atoms with Crippen LogP contribution in [0, 0.1) is 11.8 Å². The molecule has 1 N–H and O–H groups in total. The highest BCUT2D eigenvalue weighted by molar-refractivity contribution is 5.83. The topological polar surface area (TPSA) is 71.9 Å². The Morgan fingerprint density at radius 3 is 2.86 bits per heavy atom. The molecule has 5 rings (SSSR count). The van der Waals surface area contributed by atoms with E-state index in [1.54, 1.807) is 13.3 Å². The van der Waals surface area contributed by atoms with E-state index in [1.807, 2.05) is 24.3 Å². The second kappa shape index (κ2) is 11.0. The first-order valence-electron chi connectivity index (χ1n) is 13.1. The fraction of sp³-hybridized carbons (Fsp3) is 0.467. The molecule has 1 aliphatic heterocycles. The maximum Gasteiger partial charge on any atom is 0.310 e. The molecule has 0 spiro atoms. The Morgan fingerprint density at radius 2 is 2.03 bits per heavy atom. The smallest absolute Gasteiger partial charge is 0.310 e. The van der Waals surface area contributed by atoms with Gasteiger partial charge in [-0.15, -0.1) is 0 Å². The normalized spacial score (nSPS) is 23.1. The number of aryl methyl sites for hydroxylation is 1. The van der Waals surface area contributed by atoms with Crippen molar-refractivity contribution < 1.29 is 19.4 Å². The summed E-state index contributed by atoms with van der Waals surface area (Å²) in [4.78, 5) is 19.8. The zero-order chi connectivity index (χ0) is 25.1. The first-order valence-corrected chi connectivity index (χ1v) is 13.1. The van der Waals surface area contributed by atoms with Gasteiger partial charge < -0.3 is 14.6 Å². The summed E-state index contributed by atoms with van der Waals surface area (Å²) in [6.45, 7) is 1.67. The predicted octanol–water partition coefficient (Wildman–Crippen LogP) is 5.25. The molecule has 0 amide bonds. The van der Waals surface area contributed by atoms with Crippen molar-refractivity contribution in [3.63, 3.8) is 0 Å². The maximum atomic E-state index is 12.9. The minimum atomic E-state index is -0.635. The Kier molecular flexibility index (Phi) is 7.54. The van der Waals surface area contributed by atoms with E-state index in [0.29, 0.717) is 19.0 Å². The third kappa shape index (κ3) is 4.97. The van der Waals surface area contributed by atoms with Gasteiger partial charge >= 0.3 is 5.97 Å². The second-order valence-corrected chi connectivity index (χ2v) is 10.2. The summed E-state index contributed by atoms with van der Waals surface area (Å²) in [5.41, 5.74) is 4.54. The number of methoxy groups -OCH3 is 2. The molecule has 0 saturated carbocycles. The van der Waals surface area contributed by atoms with Crippen LogP contribution >= 0.6 is 0 Å². The van der Waals surface area contributed by atoms with Crippen LogP contribution in [0.2, 0.25) is 0 Å². The molecule has 0 bridgehead atoms. The van der Waals surface area contributed by atoms with Gasteiger partial charge in [0.15, 0.2) is 0 Å². The van der Waals surface area contributed by atoms with Crippen molar-refractivity contribution in [2.75, 3.05) is 27.3 Å². The first-order chi connectivity index (χ1) is 17.6. The standard InChI is InChI=1S/C30H36N2O4/c1-35-22-11-12-27-25(18-22)24(14-16-31-27)29(33)13-10-21-15-17-32(19-26(21)30(34)36-2)28-9-5-7-20-6-3-4-8-23(20)28/h3-4,6,8,11-12,14,16,18,21,26,28-29,33H,5,7,9-10,13,15,17,19H2,1-2H3/t21-,26+,28?,29?/m1/s1. The van der Waals surface area contributed by atoms with Gasteiger partial charge in [0, 0.05) is 24.2 Å². The van der Waals surface area contributed by atoms with Gasteiger partial charge in [-0.3, -0.25) is 14.7 Å². The Balaban J connectivity index is 1.30. The number of piperidine rings is 1. The van der Waals surface area contributed by atoms with Gasteiger partial charge in [-0.25, -0.2) is 0 Å². The predicted molar refractivity (Wildman–Crippen MR) is 140 cm³/mol. The number of aromatic nitrogens is 1. The number of benzene rings is 2. The lowest BCUT2D eigenvalue weighted by Gasteiger charge is -2.43. The molecule has 2 heterocycles. The quantitative estimate of drug-likeness (QED) is 0.458. The number of hydrogen-bond acceptors (Lipinski definition) is 6. The van der Waals surface area contributed by atoms with Crippen molar-refractivity contribution in [3.05, 3.63) is 71.4 Å². The number of pyridine rings is 1. The lowest BCUT2D eigenvalue weighted by atomic mass is 9.79. The number of carbonyl (C=O) groups excluding carboxylic acids is 1. The minimum absolute atomic E-state index is 0.137. The van der Waals surface area contributed by atoms with Crippen LogP contribution in [0.25, 0.3) is 10.9 Å². The van der Waals surface area contributed by atoms with Gasteiger partial charge in [0.2, 0.25) is 0 Å². The number of hydrogen-bond donors (Lipinski definition) is 1. The van der Waals surface area contributed by atoms with Crippen molar-refractivity contribution in [1.29, 1.82) is 0 Å². The average Bonchev–Trinajstić information content (AvgIpc) is 2.94. The molecule has 1 aliphatic carbocycles. The molecule has 1 fully saturated rings. The molecule has 3 aromatic rings. The van der Waals surface area contributed by atoms with Crippen LogP contribution in [0.4, 0.5) is 0 Å². The van der Waals surface area contributed by atoms with Crippen LogP contribution in [0.3, 0.4) is 0 Å². The van der Waals surface area contributed by atoms with Crippen LogP contribution in [0.15, 0.2) is 54.7 Å². The molecule has 2 aliphatic rings. The molecule has 1 saturated heterocycles. The van der Waals surface area contributed by atoms with Crippen molar-refractivity contribution in [1.82, 2.24) is 9.88 Å². The number of aliphatic hydroxyl groups excluding tert-OH is 1. The fourth-order valence-electron chi connectivity index (χ4n) is 6.27. The van der Waals surface area contributed by atoms with Crippen LogP contribution < -0.4 is 4.74 Å². The zero-order valence-electron chi connectivity index (χ0n) is 21.2. The molecular formula is C30H36N2O4. The molecule has 2 unspecified atom stereocenters. The largest absolute Gasteiger partial charge is 0.497 e. The van der Waals surface area contributed by atoms with Crippen LogP contribution in [0.5, 0.6) is 5.75 Å². The fourth-order valence-corrected chi connectivity index (χ4v) is 6.27. The monoisotopic (exact) mass is 488 g/mol. The van der Waals surface area contributed by atoms with Crippen molar-refractivity contribution in [2.45, 2.75) is 50.7 Å². The highest BCUT2D eigenvalue weighted by Gasteiger charge is 2.38. The number of fused-ring (bicyclic) bond motifs is 2. The molecular weight excluding hydrogens is 452 g/mol. The summed E-state index contributed by atoms with van der Waals surface area (Å²) in [6.07, 6.45) is 6.83. The highest BCUT2D eigenvalue weighted by atomic mass is 16.5. The van der Waals surface area contributed by atoms with E-state index < -0.39 is 6.10 Å². The summed E-state index contributed by atoms with van der Waals surface area (Å²) >= 11 is 0. The third-order valence-electron chi connectivity index (χ3n) is 8.22. The van der Waals surface area contributed by atoms with Crippen LogP contribution in [-0.2, 0) is 16.0 Å². The Hall–Kier alpha value is -2.96. The molecule has 4 atom stereocenters. The molecule has 1 aromatic heterocycles. The van der Waals surface area contributed by atoms with Gasteiger partial charge in [-0.2, -0.15) is 0 Å². The summed E-state index contributed by atoms with van der Waals surface area (Å²) in [5.74, 6) is 0.609. The number of carbonyl (C=O) groups is 1. The van der Waals surface area contributed by atoms with E-state index in [-0.39, 0.29) is 17.8 Å². The summed E-state index contributed by atoms with van der Waals surface area (Å²) in [7, 11) is 3.12. The number of rotatable bonds is 7. The number of nitrogens with zero attached hydrogens (tertiary/aromatic N) is 2. The number of likely N-dealkylation sites (tertiary alicyclic amines) is 1. The summed E-state index contributed by atoms with van der Waals surface area (Å²) in [5, 5.41) is 12.1. The van der Waals surface area contributed by atoms with E-state index in [4.69, 9.17) is 9.47 Å². The lowest BCUT2D eigenvalue weighted by Crippen LogP contribution is -2.46. The number of ether oxygens (including phenoxy) is 2. The van der Waals surface area contributed by atoms with E-state index in [0.717, 1.165) is 54.4 Å². The SMILES string of the molecule is COC(=O)[C@H]1CN(C2CCCc3ccccc32)CC[C@H]1CCC(O)c1ccnc2ccc(OC)cc12. The minimum Gasteiger partial charge on any atom is -0.497 e. The summed E-state index contributed by atoms with van der Waals surface area (Å²) < 4.78 is 10.6. The second-order valence-electron chi connectivity index (χ2n) is 10.2. The Bertz CT molecular complexity index is 1210. The van der Waals surface area contributed by atoms with E-state index in [9.17, 15) is 9.90 Å². The maximum absolute atomic E-state index is 12.9. The number of esters is 1. The van der Waals surface area contributed by atoms with Gasteiger partial charge in [0.25, 0.3) is 0 Å².